The lowest BCUT2D eigenvalue weighted by atomic mass is 9.91. The molecule has 1 aliphatic rings. The van der Waals surface area contributed by atoms with Crippen molar-refractivity contribution in [3.8, 4) is 0 Å². The van der Waals surface area contributed by atoms with Crippen LogP contribution in [0.25, 0.3) is 0 Å². The van der Waals surface area contributed by atoms with Gasteiger partial charge in [0.25, 0.3) is 0 Å². The van der Waals surface area contributed by atoms with Crippen LogP contribution in [0.2, 0.25) is 0 Å². The van der Waals surface area contributed by atoms with Gasteiger partial charge in [0.2, 0.25) is 5.91 Å². The molecule has 22 heavy (non-hydrogen) atoms. The molecule has 0 unspecified atom stereocenters. The number of ketones is 1. The van der Waals surface area contributed by atoms with Crippen LogP contribution in [0, 0.1) is 13.8 Å². The van der Waals surface area contributed by atoms with Crippen molar-refractivity contribution < 1.29 is 9.59 Å². The fourth-order valence-corrected chi connectivity index (χ4v) is 3.78. The molecule has 0 bridgehead atoms. The van der Waals surface area contributed by atoms with Gasteiger partial charge in [0.1, 0.15) is 0 Å². The third-order valence-electron chi connectivity index (χ3n) is 4.06. The third-order valence-corrected chi connectivity index (χ3v) is 5.02. The molecule has 2 rings (SSSR count). The SMILES string of the molecule is Cc1cc(C(=O)CCC(=O)NC2CCC(N)CC2)c(C)s1.Cl. The molecule has 1 fully saturated rings. The minimum Gasteiger partial charge on any atom is -0.353 e. The summed E-state index contributed by atoms with van der Waals surface area (Å²) in [5.41, 5.74) is 6.62. The standard InChI is InChI=1S/C16H24N2O2S.ClH/c1-10-9-14(11(2)21-10)15(19)7-8-16(20)18-13-5-3-12(17)4-6-13;/h9,12-13H,3-8,17H2,1-2H3,(H,18,20);1H. The number of nitrogens with one attached hydrogen (secondary N) is 1. The van der Waals surface area contributed by atoms with Crippen LogP contribution in [0.1, 0.15) is 58.6 Å². The second-order valence-electron chi connectivity index (χ2n) is 5.93. The molecule has 0 spiro atoms. The molecule has 4 nitrogen and oxygen atoms in total. The van der Waals surface area contributed by atoms with Gasteiger partial charge in [0, 0.05) is 40.2 Å². The first-order chi connectivity index (χ1) is 9.95. The second-order valence-corrected chi connectivity index (χ2v) is 7.39. The van der Waals surface area contributed by atoms with Gasteiger partial charge >= 0.3 is 0 Å². The number of aryl methyl sites for hydroxylation is 2. The molecule has 0 atom stereocenters. The second kappa shape index (κ2) is 8.65. The third kappa shape index (κ3) is 5.38. The Labute approximate surface area is 142 Å². The predicted octanol–water partition coefficient (Wildman–Crippen LogP) is 3.14. The number of amides is 1. The van der Waals surface area contributed by atoms with E-state index in [1.165, 1.54) is 0 Å². The van der Waals surface area contributed by atoms with Gasteiger partial charge in [-0.25, -0.2) is 0 Å². The smallest absolute Gasteiger partial charge is 0.220 e. The molecule has 1 amide bonds. The normalized spacial score (nSPS) is 21.0. The fourth-order valence-electron chi connectivity index (χ4n) is 2.83. The molecular formula is C16H25ClN2O2S. The Morgan fingerprint density at radius 3 is 2.41 bits per heavy atom. The Hall–Kier alpha value is -0.910. The highest BCUT2D eigenvalue weighted by Crippen LogP contribution is 2.22. The maximum atomic E-state index is 12.1. The topological polar surface area (TPSA) is 72.2 Å². The van der Waals surface area contributed by atoms with Crippen LogP contribution in [0.15, 0.2) is 6.07 Å². The zero-order valence-electron chi connectivity index (χ0n) is 13.2. The first-order valence-corrected chi connectivity index (χ1v) is 8.42. The molecule has 0 aliphatic heterocycles. The van der Waals surface area contributed by atoms with Crippen molar-refractivity contribution >= 4 is 35.4 Å². The monoisotopic (exact) mass is 344 g/mol. The minimum atomic E-state index is -0.0200. The maximum absolute atomic E-state index is 12.1. The van der Waals surface area contributed by atoms with Crippen LogP contribution < -0.4 is 11.1 Å². The number of thiophene rings is 1. The van der Waals surface area contributed by atoms with Crippen molar-refractivity contribution in [2.45, 2.75) is 64.5 Å². The average Bonchev–Trinajstić information content (AvgIpc) is 2.78. The van der Waals surface area contributed by atoms with Crippen molar-refractivity contribution in [2.24, 2.45) is 5.73 Å². The molecule has 3 N–H and O–H groups in total. The molecule has 1 aromatic rings. The quantitative estimate of drug-likeness (QED) is 0.806. The number of carbonyl (C=O) groups is 2. The molecule has 6 heteroatoms. The van der Waals surface area contributed by atoms with Crippen molar-refractivity contribution in [1.29, 1.82) is 0 Å². The zero-order chi connectivity index (χ0) is 15.4. The summed E-state index contributed by atoms with van der Waals surface area (Å²) in [7, 11) is 0. The number of hydrogen-bond acceptors (Lipinski definition) is 4. The van der Waals surface area contributed by atoms with E-state index in [1.54, 1.807) is 11.3 Å². The van der Waals surface area contributed by atoms with Crippen molar-refractivity contribution in [2.75, 3.05) is 0 Å². The molecule has 1 saturated carbocycles. The highest BCUT2D eigenvalue weighted by Gasteiger charge is 2.20. The Bertz CT molecular complexity index is 522. The Kier molecular flexibility index (Phi) is 7.53. The fraction of sp³-hybridized carbons (Fsp3) is 0.625. The van der Waals surface area contributed by atoms with Gasteiger partial charge in [0.15, 0.2) is 5.78 Å². The Morgan fingerprint density at radius 2 is 1.86 bits per heavy atom. The van der Waals surface area contributed by atoms with Crippen LogP contribution in [0.4, 0.5) is 0 Å². The van der Waals surface area contributed by atoms with Gasteiger partial charge in [-0.05, 0) is 45.6 Å². The molecule has 0 radical (unpaired) electrons. The van der Waals surface area contributed by atoms with Gasteiger partial charge < -0.3 is 11.1 Å². The van der Waals surface area contributed by atoms with E-state index in [2.05, 4.69) is 5.32 Å². The van der Waals surface area contributed by atoms with Crippen LogP contribution >= 0.6 is 23.7 Å². The maximum Gasteiger partial charge on any atom is 0.220 e. The number of carbonyl (C=O) groups excluding carboxylic acids is 2. The van der Waals surface area contributed by atoms with E-state index >= 15 is 0 Å². The van der Waals surface area contributed by atoms with E-state index in [0.717, 1.165) is 41.0 Å². The summed E-state index contributed by atoms with van der Waals surface area (Å²) in [6.07, 6.45) is 4.40. The van der Waals surface area contributed by atoms with E-state index in [-0.39, 0.29) is 49.0 Å². The number of hydrogen-bond donors (Lipinski definition) is 2. The average molecular weight is 345 g/mol. The minimum absolute atomic E-state index is 0. The highest BCUT2D eigenvalue weighted by atomic mass is 35.5. The number of rotatable bonds is 5. The van der Waals surface area contributed by atoms with E-state index < -0.39 is 0 Å². The van der Waals surface area contributed by atoms with Crippen molar-refractivity contribution in [3.63, 3.8) is 0 Å². The summed E-state index contributed by atoms with van der Waals surface area (Å²) in [6, 6.07) is 2.44. The van der Waals surface area contributed by atoms with Crippen LogP contribution in [-0.2, 0) is 4.79 Å². The van der Waals surface area contributed by atoms with E-state index in [1.807, 2.05) is 19.9 Å². The molecule has 124 valence electrons. The number of halogens is 1. The lowest BCUT2D eigenvalue weighted by Crippen LogP contribution is -2.40. The van der Waals surface area contributed by atoms with Crippen LogP contribution in [0.5, 0.6) is 0 Å². The first kappa shape index (κ1) is 19.1. The van der Waals surface area contributed by atoms with Crippen molar-refractivity contribution in [3.05, 3.63) is 21.4 Å². The summed E-state index contributed by atoms with van der Waals surface area (Å²) >= 11 is 1.63. The van der Waals surface area contributed by atoms with E-state index in [4.69, 9.17) is 5.73 Å². The largest absolute Gasteiger partial charge is 0.353 e. The summed E-state index contributed by atoms with van der Waals surface area (Å²) < 4.78 is 0. The molecule has 1 heterocycles. The molecule has 0 aromatic carbocycles. The van der Waals surface area contributed by atoms with Crippen molar-refractivity contribution in [1.82, 2.24) is 5.32 Å². The summed E-state index contributed by atoms with van der Waals surface area (Å²) in [5.74, 6) is 0.0473. The molecule has 1 aliphatic carbocycles. The van der Waals surface area contributed by atoms with E-state index in [9.17, 15) is 9.59 Å². The molecule has 0 saturated heterocycles. The number of Topliss-reactive ketones (excluding diaryl/α,β-unsaturated/α-hetero) is 1. The number of nitrogens with two attached hydrogens (primary N) is 1. The first-order valence-electron chi connectivity index (χ1n) is 7.61. The van der Waals surface area contributed by atoms with Crippen LogP contribution in [-0.4, -0.2) is 23.8 Å². The van der Waals surface area contributed by atoms with Gasteiger partial charge in [-0.1, -0.05) is 0 Å². The van der Waals surface area contributed by atoms with E-state index in [0.29, 0.717) is 0 Å². The van der Waals surface area contributed by atoms with Gasteiger partial charge in [0.05, 0.1) is 0 Å². The zero-order valence-corrected chi connectivity index (χ0v) is 14.8. The van der Waals surface area contributed by atoms with Gasteiger partial charge in [-0.2, -0.15) is 0 Å². The predicted molar refractivity (Wildman–Crippen MR) is 93.0 cm³/mol. The highest BCUT2D eigenvalue weighted by molar-refractivity contribution is 7.12. The Morgan fingerprint density at radius 1 is 1.23 bits per heavy atom. The van der Waals surface area contributed by atoms with Gasteiger partial charge in [-0.15, -0.1) is 23.7 Å². The summed E-state index contributed by atoms with van der Waals surface area (Å²) in [5, 5.41) is 3.02. The summed E-state index contributed by atoms with van der Waals surface area (Å²) in [6.45, 7) is 3.95. The summed E-state index contributed by atoms with van der Waals surface area (Å²) in [4.78, 5) is 26.2. The molecule has 1 aromatic heterocycles. The lowest BCUT2D eigenvalue weighted by Gasteiger charge is -2.26. The lowest BCUT2D eigenvalue weighted by molar-refractivity contribution is -0.122. The van der Waals surface area contributed by atoms with Crippen LogP contribution in [0.3, 0.4) is 0 Å². The van der Waals surface area contributed by atoms with Gasteiger partial charge in [-0.3, -0.25) is 9.59 Å². The Balaban J connectivity index is 0.00000242. The molecular weight excluding hydrogens is 320 g/mol.